The SMILES string of the molecule is CCc1nc(C)oc1C(=O)Nc1nc2cc(C(N)=O)cc(OCCC3CN(C(=O)CCN4C(=O)C=CC4=O)C3)c2n1C/C=C/Cn1c(NC(=O)c2cc(C)nn2CC)nc2cc(C(N)=O)ccc21. The third kappa shape index (κ3) is 9.46. The van der Waals surface area contributed by atoms with E-state index in [1.54, 1.807) is 56.8 Å². The van der Waals surface area contributed by atoms with Crippen molar-refractivity contribution in [2.75, 3.05) is 36.9 Å². The average Bonchev–Trinajstić information content (AvgIpc) is 4.11. The number of anilines is 2. The summed E-state index contributed by atoms with van der Waals surface area (Å²) in [6.45, 7) is 9.03. The van der Waals surface area contributed by atoms with Crippen LogP contribution in [0.4, 0.5) is 11.9 Å². The average molecular weight is 928 g/mol. The van der Waals surface area contributed by atoms with Gasteiger partial charge in [-0.1, -0.05) is 19.1 Å². The van der Waals surface area contributed by atoms with Crippen LogP contribution in [0.15, 0.2) is 65.1 Å². The molecule has 352 valence electrons. The third-order valence-corrected chi connectivity index (χ3v) is 11.6. The molecular formula is C46H49N13O9. The van der Waals surface area contributed by atoms with Crippen molar-refractivity contribution in [3.05, 3.63) is 101 Å². The zero-order valence-electron chi connectivity index (χ0n) is 37.8. The highest BCUT2D eigenvalue weighted by atomic mass is 16.5. The maximum absolute atomic E-state index is 13.8. The molecule has 1 fully saturated rings. The Hall–Kier alpha value is -8.43. The number of imidazole rings is 2. The van der Waals surface area contributed by atoms with Crippen LogP contribution in [0.25, 0.3) is 22.1 Å². The Morgan fingerprint density at radius 2 is 1.50 bits per heavy atom. The molecule has 1 saturated heterocycles. The Kier molecular flexibility index (Phi) is 13.0. The van der Waals surface area contributed by atoms with E-state index < -0.39 is 35.4 Å². The first-order valence-electron chi connectivity index (χ1n) is 22.0. The fourth-order valence-corrected chi connectivity index (χ4v) is 8.17. The number of fused-ring (bicyclic) bond motifs is 2. The van der Waals surface area contributed by atoms with Crippen LogP contribution in [0.5, 0.6) is 5.75 Å². The first kappa shape index (κ1) is 46.1. The van der Waals surface area contributed by atoms with Gasteiger partial charge in [0, 0.05) is 75.9 Å². The maximum Gasteiger partial charge on any atom is 0.295 e. The number of allylic oxidation sites excluding steroid dienone is 2. The predicted molar refractivity (Wildman–Crippen MR) is 245 cm³/mol. The molecule has 68 heavy (non-hydrogen) atoms. The quantitative estimate of drug-likeness (QED) is 0.0671. The zero-order valence-corrected chi connectivity index (χ0v) is 37.8. The Labute approximate surface area is 388 Å². The van der Waals surface area contributed by atoms with Crippen LogP contribution < -0.4 is 26.8 Å². The van der Waals surface area contributed by atoms with E-state index >= 15 is 0 Å². The minimum Gasteiger partial charge on any atom is -0.491 e. The molecule has 2 aromatic carbocycles. The van der Waals surface area contributed by atoms with E-state index in [-0.39, 0.29) is 79.0 Å². The highest BCUT2D eigenvalue weighted by Gasteiger charge is 2.32. The monoisotopic (exact) mass is 927 g/mol. The molecule has 0 unspecified atom stereocenters. The smallest absolute Gasteiger partial charge is 0.295 e. The lowest BCUT2D eigenvalue weighted by molar-refractivity contribution is -0.140. The standard InChI is InChI=1S/C46H49N13O9/c1-5-30-40(68-26(4)49-30)44(66)53-46-51-32-21-29(42(48)64)22-35(67-18-14-27-23-55(24-27)36(60)13-17-57-37(61)11-12-38(57)62)39(32)58(46)16-8-7-15-56-33-10-9-28(41(47)63)20-31(33)50-45(56)52-43(65)34-19-25(3)54-59(34)6-2/h7-12,19-22,27H,5-6,13-18,23-24H2,1-4H3,(H2,47,63)(H2,48,64)(H,50,52,65)(H,51,53,66)/b8-7+. The number of nitrogens with two attached hydrogens (primary N) is 2. The number of rotatable bonds is 19. The Morgan fingerprint density at radius 1 is 0.838 bits per heavy atom. The molecule has 0 spiro atoms. The molecule has 0 atom stereocenters. The minimum atomic E-state index is -0.726. The topological polar surface area (TPSA) is 291 Å². The molecule has 6 aromatic rings. The fraction of sp³-hybridized carbons (Fsp3) is 0.326. The van der Waals surface area contributed by atoms with Gasteiger partial charge in [0.25, 0.3) is 23.6 Å². The lowest BCUT2D eigenvalue weighted by Gasteiger charge is -2.39. The normalized spacial score (nSPS) is 13.9. The zero-order chi connectivity index (χ0) is 48.4. The van der Waals surface area contributed by atoms with E-state index in [0.717, 1.165) is 4.90 Å². The second-order valence-corrected chi connectivity index (χ2v) is 16.3. The Morgan fingerprint density at radius 3 is 2.19 bits per heavy atom. The van der Waals surface area contributed by atoms with Crippen molar-refractivity contribution >= 4 is 75.3 Å². The number of aromatic nitrogens is 7. The number of nitrogens with one attached hydrogen (secondary N) is 2. The van der Waals surface area contributed by atoms with E-state index in [1.165, 1.54) is 24.3 Å². The molecule has 22 nitrogen and oxygen atoms in total. The largest absolute Gasteiger partial charge is 0.491 e. The summed E-state index contributed by atoms with van der Waals surface area (Å²) in [5.74, 6) is -2.43. The number of likely N-dealkylation sites (tertiary alicyclic amines) is 1. The van der Waals surface area contributed by atoms with Crippen LogP contribution in [0, 0.1) is 19.8 Å². The van der Waals surface area contributed by atoms with Crippen LogP contribution in [0.1, 0.15) is 85.7 Å². The lowest BCUT2D eigenvalue weighted by atomic mass is 9.96. The number of ether oxygens (including phenoxy) is 1. The summed E-state index contributed by atoms with van der Waals surface area (Å²) in [6, 6.07) is 9.51. The predicted octanol–water partition coefficient (Wildman–Crippen LogP) is 3.27. The second-order valence-electron chi connectivity index (χ2n) is 16.3. The van der Waals surface area contributed by atoms with Crippen molar-refractivity contribution in [2.45, 2.75) is 66.6 Å². The van der Waals surface area contributed by atoms with Gasteiger partial charge in [-0.15, -0.1) is 0 Å². The molecule has 6 heterocycles. The number of nitrogens with zero attached hydrogens (tertiary/aromatic N) is 9. The van der Waals surface area contributed by atoms with Crippen molar-refractivity contribution in [3.63, 3.8) is 0 Å². The van der Waals surface area contributed by atoms with Gasteiger partial charge in [0.15, 0.2) is 5.89 Å². The van der Waals surface area contributed by atoms with Gasteiger partial charge < -0.3 is 34.7 Å². The van der Waals surface area contributed by atoms with Gasteiger partial charge in [-0.05, 0) is 69.0 Å². The number of carbonyl (C=O) groups excluding carboxylic acids is 7. The highest BCUT2D eigenvalue weighted by molar-refractivity contribution is 6.13. The Bertz CT molecular complexity index is 3070. The Balaban J connectivity index is 1.05. The van der Waals surface area contributed by atoms with Gasteiger partial charge in [0.05, 0.1) is 34.5 Å². The highest BCUT2D eigenvalue weighted by Crippen LogP contribution is 2.33. The summed E-state index contributed by atoms with van der Waals surface area (Å²) in [7, 11) is 0. The van der Waals surface area contributed by atoms with Crippen LogP contribution in [-0.2, 0) is 40.4 Å². The molecule has 2 aliphatic rings. The van der Waals surface area contributed by atoms with Gasteiger partial charge >= 0.3 is 0 Å². The van der Waals surface area contributed by atoms with Gasteiger partial charge in [0.1, 0.15) is 17.0 Å². The molecule has 0 aliphatic carbocycles. The first-order chi connectivity index (χ1) is 32.6. The summed E-state index contributed by atoms with van der Waals surface area (Å²) in [4.78, 5) is 105. The van der Waals surface area contributed by atoms with Gasteiger partial charge in [-0.2, -0.15) is 5.10 Å². The number of benzene rings is 2. The van der Waals surface area contributed by atoms with E-state index in [4.69, 9.17) is 25.6 Å². The van der Waals surface area contributed by atoms with Crippen molar-refractivity contribution in [1.29, 1.82) is 0 Å². The molecule has 2 aliphatic heterocycles. The van der Waals surface area contributed by atoms with E-state index in [9.17, 15) is 33.6 Å². The molecule has 0 radical (unpaired) electrons. The number of imide groups is 1. The summed E-state index contributed by atoms with van der Waals surface area (Å²) in [5, 5.41) is 10.1. The van der Waals surface area contributed by atoms with E-state index in [1.807, 2.05) is 26.0 Å². The minimum absolute atomic E-state index is 0.00854. The van der Waals surface area contributed by atoms with Crippen molar-refractivity contribution in [3.8, 4) is 5.75 Å². The third-order valence-electron chi connectivity index (χ3n) is 11.6. The van der Waals surface area contributed by atoms with Crippen LogP contribution >= 0.6 is 0 Å². The molecular weight excluding hydrogens is 879 g/mol. The number of aryl methyl sites for hydroxylation is 4. The molecule has 6 N–H and O–H groups in total. The van der Waals surface area contributed by atoms with Gasteiger partial charge in [0.2, 0.25) is 35.4 Å². The molecule has 0 bridgehead atoms. The summed E-state index contributed by atoms with van der Waals surface area (Å²) >= 11 is 0. The van der Waals surface area contributed by atoms with Crippen LogP contribution in [0.2, 0.25) is 0 Å². The van der Waals surface area contributed by atoms with Crippen LogP contribution in [-0.4, -0.2) is 111 Å². The number of carbonyl (C=O) groups is 7. The van der Waals surface area contributed by atoms with E-state index in [2.05, 4.69) is 25.7 Å². The number of hydrogen-bond acceptors (Lipinski definition) is 13. The van der Waals surface area contributed by atoms with Gasteiger partial charge in [-0.25, -0.2) is 15.0 Å². The summed E-state index contributed by atoms with van der Waals surface area (Å²) in [5.41, 5.74) is 14.9. The van der Waals surface area contributed by atoms with Crippen molar-refractivity contribution < 1.29 is 42.7 Å². The molecule has 0 saturated carbocycles. The maximum atomic E-state index is 13.8. The van der Waals surface area contributed by atoms with Crippen molar-refractivity contribution in [1.82, 2.24) is 43.7 Å². The van der Waals surface area contributed by atoms with Crippen molar-refractivity contribution in [2.24, 2.45) is 17.4 Å². The molecule has 22 heteroatoms. The summed E-state index contributed by atoms with van der Waals surface area (Å²) in [6.07, 6.45) is 7.00. The number of oxazole rings is 1. The number of primary amides is 2. The number of hydrogen-bond donors (Lipinski definition) is 4. The second kappa shape index (κ2) is 19.2. The molecule has 7 amide bonds. The lowest BCUT2D eigenvalue weighted by Crippen LogP contribution is -2.51. The summed E-state index contributed by atoms with van der Waals surface area (Å²) < 4.78 is 17.1. The molecule has 8 rings (SSSR count). The van der Waals surface area contributed by atoms with E-state index in [0.29, 0.717) is 77.5 Å². The molecule has 4 aromatic heterocycles. The fourth-order valence-electron chi connectivity index (χ4n) is 8.17. The first-order valence-corrected chi connectivity index (χ1v) is 22.0. The van der Waals surface area contributed by atoms with Crippen LogP contribution in [0.3, 0.4) is 0 Å². The number of amides is 7. The van der Waals surface area contributed by atoms with Gasteiger partial charge in [-0.3, -0.25) is 53.8 Å².